The predicted molar refractivity (Wildman–Crippen MR) is 72.9 cm³/mol. The van der Waals surface area contributed by atoms with Gasteiger partial charge in [-0.15, -0.1) is 0 Å². The fourth-order valence-electron chi connectivity index (χ4n) is 2.48. The van der Waals surface area contributed by atoms with Crippen molar-refractivity contribution >= 4 is 15.9 Å². The highest BCUT2D eigenvalue weighted by Gasteiger charge is 2.49. The van der Waals surface area contributed by atoms with Crippen LogP contribution in [0.5, 0.6) is 5.75 Å². The molecule has 23 heavy (non-hydrogen) atoms. The van der Waals surface area contributed by atoms with Crippen LogP contribution in [-0.2, 0) is 20.3 Å². The zero-order valence-electron chi connectivity index (χ0n) is 12.0. The molecule has 124 valence electrons. The number of ketones is 1. The molecule has 1 aliphatic carbocycles. The summed E-state index contributed by atoms with van der Waals surface area (Å²) in [6, 6.07) is 5.84. The molecule has 1 atom stereocenters. The third kappa shape index (κ3) is 3.17. The smallest absolute Gasteiger partial charge is 0.376 e. The lowest BCUT2D eigenvalue weighted by Gasteiger charge is -2.21. The number of carbonyl (C=O) groups is 1. The molecule has 0 N–H and O–H groups in total. The van der Waals surface area contributed by atoms with E-state index in [0.29, 0.717) is 12.0 Å². The van der Waals surface area contributed by atoms with E-state index in [0.717, 1.165) is 6.07 Å². The van der Waals surface area contributed by atoms with Crippen LogP contribution in [0.2, 0.25) is 0 Å². The van der Waals surface area contributed by atoms with Gasteiger partial charge in [-0.2, -0.15) is 26.9 Å². The molecule has 0 spiro atoms. The molecule has 1 fully saturated rings. The molecule has 9 heteroatoms. The summed E-state index contributed by atoms with van der Waals surface area (Å²) in [6.45, 7) is 1.37. The minimum atomic E-state index is -5.75. The van der Waals surface area contributed by atoms with E-state index in [9.17, 15) is 31.6 Å². The van der Waals surface area contributed by atoms with Crippen molar-refractivity contribution in [1.29, 1.82) is 5.26 Å². The highest BCUT2D eigenvalue weighted by atomic mass is 32.2. The maximum atomic E-state index is 12.3. The minimum Gasteiger partial charge on any atom is -0.376 e. The van der Waals surface area contributed by atoms with E-state index in [1.54, 1.807) is 0 Å². The van der Waals surface area contributed by atoms with Crippen LogP contribution in [-0.4, -0.2) is 19.7 Å². The SMILES string of the molecule is Cc1cc(C2(C#N)CCC(=O)C2)ccc1OS(=O)(=O)C(F)(F)F. The lowest BCUT2D eigenvalue weighted by molar-refractivity contribution is -0.117. The van der Waals surface area contributed by atoms with Crippen LogP contribution in [0.4, 0.5) is 13.2 Å². The average Bonchev–Trinajstić information content (AvgIpc) is 2.82. The van der Waals surface area contributed by atoms with Crippen LogP contribution < -0.4 is 4.18 Å². The van der Waals surface area contributed by atoms with Crippen LogP contribution in [0.15, 0.2) is 18.2 Å². The van der Waals surface area contributed by atoms with E-state index in [4.69, 9.17) is 0 Å². The number of rotatable bonds is 3. The second kappa shape index (κ2) is 5.53. The van der Waals surface area contributed by atoms with Crippen molar-refractivity contribution in [2.45, 2.75) is 37.1 Å². The second-order valence-corrected chi connectivity index (χ2v) is 6.91. The Balaban J connectivity index is 2.36. The number of nitriles is 1. The van der Waals surface area contributed by atoms with Gasteiger partial charge >= 0.3 is 15.6 Å². The van der Waals surface area contributed by atoms with Crippen molar-refractivity contribution in [1.82, 2.24) is 0 Å². The molecular formula is C14H12F3NO4S. The van der Waals surface area contributed by atoms with Gasteiger partial charge in [0.1, 0.15) is 11.5 Å². The molecule has 0 amide bonds. The zero-order chi connectivity index (χ0) is 17.5. The summed E-state index contributed by atoms with van der Waals surface area (Å²) in [5, 5.41) is 9.36. The highest BCUT2D eigenvalue weighted by molar-refractivity contribution is 7.88. The number of Topliss-reactive ketones (excluding diaryl/α,β-unsaturated/α-hetero) is 1. The van der Waals surface area contributed by atoms with Crippen molar-refractivity contribution in [3.05, 3.63) is 29.3 Å². The Hall–Kier alpha value is -2.08. The molecule has 0 aromatic heterocycles. The molecule has 0 saturated heterocycles. The molecule has 0 radical (unpaired) electrons. The molecule has 0 aliphatic heterocycles. The first-order valence-corrected chi connectivity index (χ1v) is 7.96. The van der Waals surface area contributed by atoms with E-state index in [-0.39, 0.29) is 24.2 Å². The Morgan fingerprint density at radius 1 is 1.35 bits per heavy atom. The normalized spacial score (nSPS) is 22.0. The first-order valence-electron chi connectivity index (χ1n) is 6.56. The molecule has 2 rings (SSSR count). The Bertz CT molecular complexity index is 795. The number of nitrogens with zero attached hydrogens (tertiary/aromatic N) is 1. The van der Waals surface area contributed by atoms with E-state index in [2.05, 4.69) is 10.3 Å². The first-order chi connectivity index (χ1) is 10.5. The Morgan fingerprint density at radius 3 is 2.43 bits per heavy atom. The zero-order valence-corrected chi connectivity index (χ0v) is 12.8. The molecule has 1 aromatic carbocycles. The van der Waals surface area contributed by atoms with Gasteiger partial charge in [0.25, 0.3) is 0 Å². The quantitative estimate of drug-likeness (QED) is 0.620. The lowest BCUT2D eigenvalue weighted by atomic mass is 9.80. The van der Waals surface area contributed by atoms with E-state index in [1.807, 2.05) is 0 Å². The topological polar surface area (TPSA) is 84.2 Å². The van der Waals surface area contributed by atoms with E-state index >= 15 is 0 Å². The Labute approximate surface area is 130 Å². The van der Waals surface area contributed by atoms with Gasteiger partial charge in [0.2, 0.25) is 0 Å². The number of hydrogen-bond donors (Lipinski definition) is 0. The van der Waals surface area contributed by atoms with Gasteiger partial charge < -0.3 is 4.18 Å². The fraction of sp³-hybridized carbons (Fsp3) is 0.429. The average molecular weight is 347 g/mol. The number of carbonyl (C=O) groups excluding carboxylic acids is 1. The molecule has 1 unspecified atom stereocenters. The molecule has 0 heterocycles. The van der Waals surface area contributed by atoms with Crippen LogP contribution in [0.25, 0.3) is 0 Å². The van der Waals surface area contributed by atoms with Gasteiger partial charge in [-0.1, -0.05) is 12.1 Å². The van der Waals surface area contributed by atoms with E-state index in [1.165, 1.54) is 19.1 Å². The molecule has 0 bridgehead atoms. The summed E-state index contributed by atoms with van der Waals surface area (Å²) in [7, 11) is -5.75. The fourth-order valence-corrected chi connectivity index (χ4v) is 3.00. The van der Waals surface area contributed by atoms with Gasteiger partial charge in [0.05, 0.1) is 11.5 Å². The maximum absolute atomic E-state index is 12.3. The van der Waals surface area contributed by atoms with Crippen molar-refractivity contribution in [2.24, 2.45) is 0 Å². The first kappa shape index (κ1) is 17.3. The Kier molecular flexibility index (Phi) is 4.15. The third-order valence-corrected chi connectivity index (χ3v) is 4.72. The predicted octanol–water partition coefficient (Wildman–Crippen LogP) is 2.74. The van der Waals surface area contributed by atoms with Crippen molar-refractivity contribution in [3.63, 3.8) is 0 Å². The standard InChI is InChI=1S/C14H12F3NO4S/c1-9-6-10(13(8-18)5-4-11(19)7-13)2-3-12(9)22-23(20,21)14(15,16)17/h2-3,6H,4-5,7H2,1H3. The van der Waals surface area contributed by atoms with Crippen LogP contribution >= 0.6 is 0 Å². The molecule has 1 saturated carbocycles. The van der Waals surface area contributed by atoms with Gasteiger partial charge in [-0.25, -0.2) is 0 Å². The summed E-state index contributed by atoms with van der Waals surface area (Å²) in [6.07, 6.45) is 0.611. The summed E-state index contributed by atoms with van der Waals surface area (Å²) in [5.74, 6) is -0.535. The summed E-state index contributed by atoms with van der Waals surface area (Å²) < 4.78 is 63.2. The van der Waals surface area contributed by atoms with Crippen molar-refractivity contribution < 1.29 is 30.6 Å². The molecule has 1 aromatic rings. The van der Waals surface area contributed by atoms with Gasteiger partial charge in [-0.3, -0.25) is 4.79 Å². The number of alkyl halides is 3. The third-order valence-electron chi connectivity index (χ3n) is 3.75. The number of aryl methyl sites for hydroxylation is 1. The van der Waals surface area contributed by atoms with Gasteiger partial charge in [-0.05, 0) is 30.5 Å². The summed E-state index contributed by atoms with van der Waals surface area (Å²) in [5.41, 5.74) is -5.96. The Morgan fingerprint density at radius 2 is 2.00 bits per heavy atom. The lowest BCUT2D eigenvalue weighted by Crippen LogP contribution is -2.28. The van der Waals surface area contributed by atoms with E-state index < -0.39 is 26.8 Å². The number of hydrogen-bond acceptors (Lipinski definition) is 5. The molecular weight excluding hydrogens is 335 g/mol. The van der Waals surface area contributed by atoms with Crippen molar-refractivity contribution in [2.75, 3.05) is 0 Å². The van der Waals surface area contributed by atoms with Crippen LogP contribution in [0.3, 0.4) is 0 Å². The number of halogens is 3. The van der Waals surface area contributed by atoms with Gasteiger partial charge in [0, 0.05) is 12.8 Å². The van der Waals surface area contributed by atoms with Crippen LogP contribution in [0, 0.1) is 18.3 Å². The molecule has 1 aliphatic rings. The van der Waals surface area contributed by atoms with Crippen molar-refractivity contribution in [3.8, 4) is 11.8 Å². The van der Waals surface area contributed by atoms with Gasteiger partial charge in [0.15, 0.2) is 0 Å². The monoisotopic (exact) mass is 347 g/mol. The maximum Gasteiger partial charge on any atom is 0.534 e. The number of benzene rings is 1. The molecule has 5 nitrogen and oxygen atoms in total. The largest absolute Gasteiger partial charge is 0.534 e. The summed E-state index contributed by atoms with van der Waals surface area (Å²) in [4.78, 5) is 11.5. The second-order valence-electron chi connectivity index (χ2n) is 5.37. The highest BCUT2D eigenvalue weighted by Crippen LogP contribution is 2.40. The summed E-state index contributed by atoms with van der Waals surface area (Å²) >= 11 is 0. The minimum absolute atomic E-state index is 0.0317. The van der Waals surface area contributed by atoms with Crippen LogP contribution in [0.1, 0.15) is 30.4 Å².